The van der Waals surface area contributed by atoms with Crippen molar-refractivity contribution in [3.63, 3.8) is 0 Å². The first-order valence-corrected chi connectivity index (χ1v) is 10.0. The van der Waals surface area contributed by atoms with Gasteiger partial charge in [-0.25, -0.2) is 4.79 Å². The quantitative estimate of drug-likeness (QED) is 0.310. The minimum atomic E-state index is -0.528. The summed E-state index contributed by atoms with van der Waals surface area (Å²) in [5.74, 6) is 0.795. The summed E-state index contributed by atoms with van der Waals surface area (Å²) in [6, 6.07) is 0. The van der Waals surface area contributed by atoms with Crippen molar-refractivity contribution in [1.29, 1.82) is 0 Å². The maximum atomic E-state index is 12.3. The minimum absolute atomic E-state index is 0. The third-order valence-electron chi connectivity index (χ3n) is 4.53. The summed E-state index contributed by atoms with van der Waals surface area (Å²) in [7, 11) is 3.90. The van der Waals surface area contributed by atoms with E-state index in [4.69, 9.17) is 9.73 Å². The van der Waals surface area contributed by atoms with Gasteiger partial charge in [0.1, 0.15) is 5.60 Å². The molecule has 0 atom stereocenters. The molecule has 0 saturated carbocycles. The fourth-order valence-corrected chi connectivity index (χ4v) is 2.81. The lowest BCUT2D eigenvalue weighted by Gasteiger charge is -2.33. The summed E-state index contributed by atoms with van der Waals surface area (Å²) in [6.07, 6.45) is 4.97. The normalized spacial score (nSPS) is 12.2. The Morgan fingerprint density at radius 3 is 2.34 bits per heavy atom. The first-order chi connectivity index (χ1) is 13.0. The summed E-state index contributed by atoms with van der Waals surface area (Å²) in [6.45, 7) is 13.7. The van der Waals surface area contributed by atoms with Crippen molar-refractivity contribution in [2.75, 3.05) is 20.1 Å². The van der Waals surface area contributed by atoms with Gasteiger partial charge in [-0.05, 0) is 40.5 Å². The molecule has 0 unspecified atom stereocenters. The number of guanidine groups is 1. The molecule has 1 aromatic rings. The molecule has 1 amide bonds. The molecule has 29 heavy (non-hydrogen) atoms. The van der Waals surface area contributed by atoms with Crippen LogP contribution in [0.4, 0.5) is 4.79 Å². The SMILES string of the molecule is CCNC(=NCC(CC)(CC)NC(=O)OC(C)(C)C)N(C)Cc1cnn(C)c1.I. The van der Waals surface area contributed by atoms with Crippen LogP contribution in [0.15, 0.2) is 17.4 Å². The van der Waals surface area contributed by atoms with Gasteiger partial charge in [0.05, 0.1) is 18.3 Å². The van der Waals surface area contributed by atoms with Crippen molar-refractivity contribution in [2.24, 2.45) is 12.0 Å². The van der Waals surface area contributed by atoms with Gasteiger partial charge in [0.15, 0.2) is 5.96 Å². The predicted molar refractivity (Wildman–Crippen MR) is 129 cm³/mol. The van der Waals surface area contributed by atoms with Gasteiger partial charge in [0.25, 0.3) is 0 Å². The van der Waals surface area contributed by atoms with E-state index in [1.807, 2.05) is 54.2 Å². The average Bonchev–Trinajstić information content (AvgIpc) is 3.00. The fraction of sp³-hybridized carbons (Fsp3) is 0.750. The van der Waals surface area contributed by atoms with Gasteiger partial charge >= 0.3 is 6.09 Å². The van der Waals surface area contributed by atoms with Gasteiger partial charge in [-0.2, -0.15) is 5.10 Å². The Kier molecular flexibility index (Phi) is 11.6. The molecular formula is C20H39IN6O2. The number of halogens is 1. The van der Waals surface area contributed by atoms with Crippen LogP contribution >= 0.6 is 24.0 Å². The summed E-state index contributed by atoms with van der Waals surface area (Å²) in [5, 5.41) is 10.6. The molecule has 1 rings (SSSR count). The summed E-state index contributed by atoms with van der Waals surface area (Å²) in [4.78, 5) is 19.2. The number of aromatic nitrogens is 2. The molecule has 0 fully saturated rings. The molecular weight excluding hydrogens is 483 g/mol. The van der Waals surface area contributed by atoms with E-state index in [9.17, 15) is 4.79 Å². The lowest BCUT2D eigenvalue weighted by molar-refractivity contribution is 0.0451. The number of carbonyl (C=O) groups is 1. The zero-order valence-electron chi connectivity index (χ0n) is 19.2. The van der Waals surface area contributed by atoms with Crippen LogP contribution < -0.4 is 10.6 Å². The van der Waals surface area contributed by atoms with Crippen LogP contribution in [0.2, 0.25) is 0 Å². The van der Waals surface area contributed by atoms with E-state index in [-0.39, 0.29) is 24.0 Å². The predicted octanol–water partition coefficient (Wildman–Crippen LogP) is 3.52. The lowest BCUT2D eigenvalue weighted by Crippen LogP contribution is -2.52. The van der Waals surface area contributed by atoms with Gasteiger partial charge in [0, 0.05) is 38.9 Å². The monoisotopic (exact) mass is 522 g/mol. The molecule has 0 spiro atoms. The second kappa shape index (κ2) is 12.2. The van der Waals surface area contributed by atoms with Crippen molar-refractivity contribution in [1.82, 2.24) is 25.3 Å². The summed E-state index contributed by atoms with van der Waals surface area (Å²) < 4.78 is 7.24. The number of hydrogen-bond donors (Lipinski definition) is 2. The number of amides is 1. The zero-order chi connectivity index (χ0) is 21.4. The number of rotatable bonds is 8. The highest BCUT2D eigenvalue weighted by Gasteiger charge is 2.30. The van der Waals surface area contributed by atoms with Crippen molar-refractivity contribution >= 4 is 36.0 Å². The smallest absolute Gasteiger partial charge is 0.408 e. The van der Waals surface area contributed by atoms with E-state index in [0.29, 0.717) is 13.1 Å². The third-order valence-corrected chi connectivity index (χ3v) is 4.53. The van der Waals surface area contributed by atoms with Crippen LogP contribution in [0.3, 0.4) is 0 Å². The van der Waals surface area contributed by atoms with Gasteiger partial charge in [-0.3, -0.25) is 9.67 Å². The van der Waals surface area contributed by atoms with E-state index in [2.05, 4.69) is 34.5 Å². The molecule has 0 aromatic carbocycles. The van der Waals surface area contributed by atoms with E-state index in [1.165, 1.54) is 0 Å². The standard InChI is InChI=1S/C20H38N6O2.HI/c1-9-20(10-2,24-18(27)28-19(4,5)6)15-22-17(21-11-3)25(7)13-16-12-23-26(8)14-16;/h12,14H,9-11,13,15H2,1-8H3,(H,21,22)(H,24,27);1H. The first-order valence-electron chi connectivity index (χ1n) is 10.0. The van der Waals surface area contributed by atoms with Gasteiger partial charge in [-0.1, -0.05) is 13.8 Å². The Morgan fingerprint density at radius 1 is 1.28 bits per heavy atom. The number of alkyl carbamates (subject to hydrolysis) is 1. The van der Waals surface area contributed by atoms with Crippen molar-refractivity contribution in [3.8, 4) is 0 Å². The maximum absolute atomic E-state index is 12.3. The van der Waals surface area contributed by atoms with Crippen LogP contribution in [-0.4, -0.2) is 58.0 Å². The molecule has 9 heteroatoms. The second-order valence-corrected chi connectivity index (χ2v) is 8.16. The van der Waals surface area contributed by atoms with E-state index in [1.54, 1.807) is 4.68 Å². The topological polar surface area (TPSA) is 83.8 Å². The molecule has 0 radical (unpaired) electrons. The van der Waals surface area contributed by atoms with Crippen LogP contribution in [0, 0.1) is 0 Å². The number of ether oxygens (including phenoxy) is 1. The largest absolute Gasteiger partial charge is 0.444 e. The number of nitrogens with one attached hydrogen (secondary N) is 2. The van der Waals surface area contributed by atoms with Crippen LogP contribution in [0.25, 0.3) is 0 Å². The van der Waals surface area contributed by atoms with Gasteiger partial charge in [-0.15, -0.1) is 24.0 Å². The zero-order valence-corrected chi connectivity index (χ0v) is 21.5. The van der Waals surface area contributed by atoms with E-state index in [0.717, 1.165) is 30.9 Å². The van der Waals surface area contributed by atoms with Gasteiger partial charge < -0.3 is 20.3 Å². The Morgan fingerprint density at radius 2 is 1.90 bits per heavy atom. The number of nitrogens with zero attached hydrogens (tertiary/aromatic N) is 4. The number of aryl methyl sites for hydroxylation is 1. The minimum Gasteiger partial charge on any atom is -0.444 e. The van der Waals surface area contributed by atoms with Crippen LogP contribution in [0.5, 0.6) is 0 Å². The van der Waals surface area contributed by atoms with Crippen molar-refractivity contribution in [3.05, 3.63) is 18.0 Å². The van der Waals surface area contributed by atoms with Crippen LogP contribution in [0.1, 0.15) is 59.9 Å². The highest BCUT2D eigenvalue weighted by molar-refractivity contribution is 14.0. The maximum Gasteiger partial charge on any atom is 0.408 e. The molecule has 8 nitrogen and oxygen atoms in total. The molecule has 0 saturated heterocycles. The molecule has 2 N–H and O–H groups in total. The fourth-order valence-electron chi connectivity index (χ4n) is 2.81. The van der Waals surface area contributed by atoms with Gasteiger partial charge in [0.2, 0.25) is 0 Å². The molecule has 0 bridgehead atoms. The highest BCUT2D eigenvalue weighted by Crippen LogP contribution is 2.18. The molecule has 1 aromatic heterocycles. The number of aliphatic imine (C=N–C) groups is 1. The number of hydrogen-bond acceptors (Lipinski definition) is 4. The number of carbonyl (C=O) groups excluding carboxylic acids is 1. The Balaban J connectivity index is 0.00000784. The van der Waals surface area contributed by atoms with Crippen LogP contribution in [-0.2, 0) is 18.3 Å². The molecule has 0 aliphatic heterocycles. The molecule has 0 aliphatic carbocycles. The molecule has 1 heterocycles. The van der Waals surface area contributed by atoms with Crippen molar-refractivity contribution in [2.45, 2.75) is 72.1 Å². The Hall–Kier alpha value is -1.52. The molecule has 0 aliphatic rings. The van der Waals surface area contributed by atoms with Crippen molar-refractivity contribution < 1.29 is 9.53 Å². The lowest BCUT2D eigenvalue weighted by atomic mass is 9.93. The van der Waals surface area contributed by atoms with E-state index < -0.39 is 17.2 Å². The summed E-state index contributed by atoms with van der Waals surface area (Å²) >= 11 is 0. The first kappa shape index (κ1) is 27.5. The average molecular weight is 522 g/mol. The Labute approximate surface area is 192 Å². The van der Waals surface area contributed by atoms with E-state index >= 15 is 0 Å². The second-order valence-electron chi connectivity index (χ2n) is 8.16. The third kappa shape index (κ3) is 9.68. The summed E-state index contributed by atoms with van der Waals surface area (Å²) in [5.41, 5.74) is 0.136. The Bertz CT molecular complexity index is 650. The molecule has 168 valence electrons. The highest BCUT2D eigenvalue weighted by atomic mass is 127.